The molecule has 0 aliphatic heterocycles. The number of rotatable bonds is 8. The van der Waals surface area contributed by atoms with Crippen molar-refractivity contribution in [3.63, 3.8) is 0 Å². The van der Waals surface area contributed by atoms with Gasteiger partial charge in [0.05, 0.1) is 11.7 Å². The second-order valence-electron chi connectivity index (χ2n) is 8.40. The lowest BCUT2D eigenvalue weighted by Gasteiger charge is -2.42. The number of aliphatic hydroxyl groups is 2. The van der Waals surface area contributed by atoms with Crippen LogP contribution in [0.5, 0.6) is 0 Å². The second-order valence-corrected chi connectivity index (χ2v) is 8.40. The Kier molecular flexibility index (Phi) is 6.14. The third-order valence-electron chi connectivity index (χ3n) is 6.08. The molecule has 2 fully saturated rings. The Morgan fingerprint density at radius 3 is 2.29 bits per heavy atom. The van der Waals surface area contributed by atoms with Crippen LogP contribution in [0.3, 0.4) is 0 Å². The predicted octanol–water partition coefficient (Wildman–Crippen LogP) is 4.82. The van der Waals surface area contributed by atoms with Gasteiger partial charge in [-0.3, -0.25) is 0 Å². The molecule has 0 amide bonds. The van der Waals surface area contributed by atoms with Crippen molar-refractivity contribution in [2.75, 3.05) is 0 Å². The first-order valence-corrected chi connectivity index (χ1v) is 9.33. The largest absolute Gasteiger partial charge is 0.393 e. The van der Waals surface area contributed by atoms with Crippen LogP contribution in [-0.2, 0) is 0 Å². The molecule has 0 bridgehead atoms. The molecule has 21 heavy (non-hydrogen) atoms. The standard InChI is InChI=1S/C19H36O2/c1-18(2,21)12-6-4-3-5-7-13-19-14-8-10-16(19)17(20)11-9-15-19/h16-17,20-21H,3-15H2,1-2H3/t16-,17+,19-/m0/s1. The topological polar surface area (TPSA) is 40.5 Å². The van der Waals surface area contributed by atoms with Gasteiger partial charge in [0.15, 0.2) is 0 Å². The highest BCUT2D eigenvalue weighted by Crippen LogP contribution is 2.55. The second kappa shape index (κ2) is 7.46. The van der Waals surface area contributed by atoms with E-state index in [1.165, 1.54) is 64.2 Å². The van der Waals surface area contributed by atoms with Crippen LogP contribution in [0.4, 0.5) is 0 Å². The SMILES string of the molecule is CC(C)(O)CCCCCCC[C@]12CCC[C@@H](O)[C@@H]1CCC2. The first kappa shape index (κ1) is 17.3. The van der Waals surface area contributed by atoms with E-state index in [0.29, 0.717) is 11.3 Å². The Balaban J connectivity index is 1.62. The Hall–Kier alpha value is -0.0800. The fourth-order valence-corrected chi connectivity index (χ4v) is 4.94. The van der Waals surface area contributed by atoms with Crippen LogP contribution in [-0.4, -0.2) is 21.9 Å². The molecule has 2 N–H and O–H groups in total. The van der Waals surface area contributed by atoms with Crippen molar-refractivity contribution in [3.05, 3.63) is 0 Å². The van der Waals surface area contributed by atoms with Gasteiger partial charge in [-0.15, -0.1) is 0 Å². The highest BCUT2D eigenvalue weighted by molar-refractivity contribution is 4.97. The quantitative estimate of drug-likeness (QED) is 0.630. The van der Waals surface area contributed by atoms with E-state index in [9.17, 15) is 10.2 Å². The fraction of sp³-hybridized carbons (Fsp3) is 1.00. The normalized spacial score (nSPS) is 33.1. The van der Waals surface area contributed by atoms with Crippen LogP contribution >= 0.6 is 0 Å². The lowest BCUT2D eigenvalue weighted by molar-refractivity contribution is -0.0137. The molecule has 0 saturated heterocycles. The Labute approximate surface area is 131 Å². The minimum Gasteiger partial charge on any atom is -0.393 e. The van der Waals surface area contributed by atoms with E-state index < -0.39 is 5.60 Å². The molecule has 2 saturated carbocycles. The summed E-state index contributed by atoms with van der Waals surface area (Å²) < 4.78 is 0. The molecule has 0 unspecified atom stereocenters. The van der Waals surface area contributed by atoms with E-state index in [2.05, 4.69) is 0 Å². The zero-order valence-corrected chi connectivity index (χ0v) is 14.2. The van der Waals surface area contributed by atoms with E-state index in [-0.39, 0.29) is 6.10 Å². The molecular weight excluding hydrogens is 260 g/mol. The molecule has 2 aliphatic carbocycles. The first-order valence-electron chi connectivity index (χ1n) is 9.33. The minimum absolute atomic E-state index is 0.00645. The van der Waals surface area contributed by atoms with Crippen LogP contribution < -0.4 is 0 Å². The van der Waals surface area contributed by atoms with Gasteiger partial charge in [-0.25, -0.2) is 0 Å². The number of unbranched alkanes of at least 4 members (excludes halogenated alkanes) is 4. The van der Waals surface area contributed by atoms with E-state index in [1.54, 1.807) is 0 Å². The molecule has 2 heteroatoms. The first-order chi connectivity index (χ1) is 9.93. The van der Waals surface area contributed by atoms with Crippen LogP contribution in [0.15, 0.2) is 0 Å². The van der Waals surface area contributed by atoms with Gasteiger partial charge >= 0.3 is 0 Å². The average molecular weight is 296 g/mol. The zero-order valence-electron chi connectivity index (χ0n) is 14.2. The molecular formula is C19H36O2. The maximum absolute atomic E-state index is 10.3. The molecule has 0 heterocycles. The summed E-state index contributed by atoms with van der Waals surface area (Å²) in [4.78, 5) is 0. The summed E-state index contributed by atoms with van der Waals surface area (Å²) in [5.41, 5.74) is 0.0129. The van der Waals surface area contributed by atoms with Crippen molar-refractivity contribution in [1.29, 1.82) is 0 Å². The van der Waals surface area contributed by atoms with Crippen molar-refractivity contribution < 1.29 is 10.2 Å². The summed E-state index contributed by atoms with van der Waals surface area (Å²) in [6, 6.07) is 0. The molecule has 3 atom stereocenters. The smallest absolute Gasteiger partial charge is 0.0591 e. The van der Waals surface area contributed by atoms with Gasteiger partial charge in [0.1, 0.15) is 0 Å². The third kappa shape index (κ3) is 4.96. The summed E-state index contributed by atoms with van der Waals surface area (Å²) in [6.07, 6.45) is 16.3. The van der Waals surface area contributed by atoms with Gasteiger partial charge in [-0.2, -0.15) is 0 Å². The van der Waals surface area contributed by atoms with Crippen molar-refractivity contribution in [3.8, 4) is 0 Å². The maximum Gasteiger partial charge on any atom is 0.0591 e. The monoisotopic (exact) mass is 296 g/mol. The molecule has 2 nitrogen and oxygen atoms in total. The third-order valence-corrected chi connectivity index (χ3v) is 6.08. The fourth-order valence-electron chi connectivity index (χ4n) is 4.94. The summed E-state index contributed by atoms with van der Waals surface area (Å²) in [6.45, 7) is 3.81. The highest BCUT2D eigenvalue weighted by Gasteiger charge is 2.47. The van der Waals surface area contributed by atoms with Gasteiger partial charge in [0.25, 0.3) is 0 Å². The van der Waals surface area contributed by atoms with Crippen LogP contribution in [0.1, 0.15) is 97.3 Å². The van der Waals surface area contributed by atoms with Gasteiger partial charge in [-0.05, 0) is 63.7 Å². The number of fused-ring (bicyclic) bond motifs is 1. The van der Waals surface area contributed by atoms with Crippen LogP contribution in [0.25, 0.3) is 0 Å². The molecule has 0 aromatic heterocycles. The minimum atomic E-state index is -0.492. The van der Waals surface area contributed by atoms with E-state index >= 15 is 0 Å². The molecule has 0 aromatic carbocycles. The molecule has 0 spiro atoms. The zero-order chi connectivity index (χ0) is 15.3. The van der Waals surface area contributed by atoms with Crippen LogP contribution in [0.2, 0.25) is 0 Å². The van der Waals surface area contributed by atoms with Crippen molar-refractivity contribution in [2.45, 2.75) is 109 Å². The summed E-state index contributed by atoms with van der Waals surface area (Å²) in [5, 5.41) is 20.0. The van der Waals surface area contributed by atoms with Gasteiger partial charge in [0, 0.05) is 0 Å². The molecule has 124 valence electrons. The molecule has 2 rings (SSSR count). The van der Waals surface area contributed by atoms with Gasteiger partial charge < -0.3 is 10.2 Å². The Morgan fingerprint density at radius 1 is 0.952 bits per heavy atom. The van der Waals surface area contributed by atoms with Gasteiger partial charge in [-0.1, -0.05) is 44.9 Å². The summed E-state index contributed by atoms with van der Waals surface area (Å²) in [7, 11) is 0. The van der Waals surface area contributed by atoms with Crippen LogP contribution in [0, 0.1) is 11.3 Å². The maximum atomic E-state index is 10.3. The van der Waals surface area contributed by atoms with Crippen molar-refractivity contribution in [2.24, 2.45) is 11.3 Å². The van der Waals surface area contributed by atoms with E-state index in [1.807, 2.05) is 13.8 Å². The van der Waals surface area contributed by atoms with E-state index in [0.717, 1.165) is 19.3 Å². The lowest BCUT2D eigenvalue weighted by atomic mass is 9.64. The Morgan fingerprint density at radius 2 is 1.57 bits per heavy atom. The number of hydrogen-bond acceptors (Lipinski definition) is 2. The molecule has 2 aliphatic rings. The van der Waals surface area contributed by atoms with Gasteiger partial charge in [0.2, 0.25) is 0 Å². The molecule has 0 aromatic rings. The van der Waals surface area contributed by atoms with Crippen molar-refractivity contribution in [1.82, 2.24) is 0 Å². The number of hydrogen-bond donors (Lipinski definition) is 2. The molecule has 0 radical (unpaired) electrons. The summed E-state index contributed by atoms with van der Waals surface area (Å²) in [5.74, 6) is 0.612. The average Bonchev–Trinajstić information content (AvgIpc) is 2.82. The van der Waals surface area contributed by atoms with E-state index in [4.69, 9.17) is 0 Å². The number of aliphatic hydroxyl groups excluding tert-OH is 1. The summed E-state index contributed by atoms with van der Waals surface area (Å²) >= 11 is 0. The highest BCUT2D eigenvalue weighted by atomic mass is 16.3. The predicted molar refractivity (Wildman–Crippen MR) is 88.2 cm³/mol. The van der Waals surface area contributed by atoms with Crippen molar-refractivity contribution >= 4 is 0 Å². The lowest BCUT2D eigenvalue weighted by Crippen LogP contribution is -2.38. The Bertz CT molecular complexity index is 307.